The van der Waals surface area contributed by atoms with Crippen LogP contribution in [-0.4, -0.2) is 38.8 Å². The number of thioether (sulfide) groups is 1. The molecule has 1 amide bonds. The van der Waals surface area contributed by atoms with Gasteiger partial charge in [0.25, 0.3) is 0 Å². The summed E-state index contributed by atoms with van der Waals surface area (Å²) in [5.74, 6) is -0.835. The number of alkyl halides is 1. The lowest BCUT2D eigenvalue weighted by Crippen LogP contribution is -2.36. The molecule has 1 aliphatic rings. The summed E-state index contributed by atoms with van der Waals surface area (Å²) in [6.45, 7) is 0.749. The summed E-state index contributed by atoms with van der Waals surface area (Å²) in [5.41, 5.74) is 0.930. The van der Waals surface area contributed by atoms with Gasteiger partial charge in [0.15, 0.2) is 0 Å². The van der Waals surface area contributed by atoms with Crippen molar-refractivity contribution >= 4 is 46.2 Å². The maximum Gasteiger partial charge on any atom is 0.394 e. The number of nitrogens with zero attached hydrogens (tertiary/aromatic N) is 1. The molecule has 0 atom stereocenters. The van der Waals surface area contributed by atoms with Gasteiger partial charge in [-0.25, -0.2) is 4.79 Å². The molecule has 1 N–H and O–H groups in total. The van der Waals surface area contributed by atoms with Crippen LogP contribution in [0.1, 0.15) is 5.56 Å². The molecule has 19 heavy (non-hydrogen) atoms. The average molecular weight is 393 g/mol. The van der Waals surface area contributed by atoms with Crippen LogP contribution in [0, 0.1) is 0 Å². The molecule has 7 heteroatoms. The maximum atomic E-state index is 11.6. The molecule has 102 valence electrons. The highest BCUT2D eigenvalue weighted by Gasteiger charge is 2.24. The lowest BCUT2D eigenvalue weighted by molar-refractivity contribution is -0.156. The third kappa shape index (κ3) is 3.53. The first-order valence-corrected chi connectivity index (χ1v) is 8.09. The first-order chi connectivity index (χ1) is 9.11. The normalized spacial score (nSPS) is 14.5. The minimum Gasteiger partial charge on any atom is -0.483 e. The van der Waals surface area contributed by atoms with Crippen LogP contribution < -0.4 is 4.74 Å². The van der Waals surface area contributed by atoms with Crippen LogP contribution in [0.25, 0.3) is 0 Å². The molecular formula is C12H12INO4S. The van der Waals surface area contributed by atoms with E-state index in [1.54, 1.807) is 11.8 Å². The first-order valence-electron chi connectivity index (χ1n) is 5.58. The second-order valence-electron chi connectivity index (χ2n) is 3.90. The Balaban J connectivity index is 2.24. The number of aliphatic carboxylic acids is 1. The van der Waals surface area contributed by atoms with Crippen LogP contribution >= 0.6 is 34.4 Å². The standard InChI is InChI=1S/C12H12INO4S/c13-7-18-9-1-2-10-8(5-9)6-14(3-4-19-10)11(15)12(16)17/h1-2,5H,3-4,6-7H2,(H,16,17). The van der Waals surface area contributed by atoms with E-state index in [9.17, 15) is 9.59 Å². The SMILES string of the molecule is O=C(O)C(=O)N1CCSc2ccc(OCI)cc2C1. The van der Waals surface area contributed by atoms with Gasteiger partial charge in [-0.05, 0) is 46.4 Å². The van der Waals surface area contributed by atoms with Crippen LogP contribution in [0.2, 0.25) is 0 Å². The second-order valence-corrected chi connectivity index (χ2v) is 5.66. The first kappa shape index (κ1) is 14.4. The summed E-state index contributed by atoms with van der Waals surface area (Å²) in [6.07, 6.45) is 0. The van der Waals surface area contributed by atoms with Gasteiger partial charge < -0.3 is 14.7 Å². The summed E-state index contributed by atoms with van der Waals surface area (Å²) >= 11 is 3.73. The molecule has 0 fully saturated rings. The molecule has 1 aliphatic heterocycles. The van der Waals surface area contributed by atoms with E-state index in [1.165, 1.54) is 4.90 Å². The van der Waals surface area contributed by atoms with Crippen LogP contribution in [0.5, 0.6) is 5.75 Å². The second kappa shape index (κ2) is 6.47. The Morgan fingerprint density at radius 1 is 1.47 bits per heavy atom. The van der Waals surface area contributed by atoms with Gasteiger partial charge in [0, 0.05) is 23.7 Å². The number of hydrogen-bond donors (Lipinski definition) is 1. The Morgan fingerprint density at radius 3 is 2.95 bits per heavy atom. The van der Waals surface area contributed by atoms with Crippen molar-refractivity contribution < 1.29 is 19.4 Å². The number of carboxylic acid groups (broad SMARTS) is 1. The monoisotopic (exact) mass is 393 g/mol. The topological polar surface area (TPSA) is 66.8 Å². The van der Waals surface area contributed by atoms with E-state index in [-0.39, 0.29) is 0 Å². The van der Waals surface area contributed by atoms with E-state index in [0.29, 0.717) is 23.5 Å². The summed E-state index contributed by atoms with van der Waals surface area (Å²) in [5, 5.41) is 8.79. The van der Waals surface area contributed by atoms with Crippen molar-refractivity contribution in [1.82, 2.24) is 4.90 Å². The summed E-state index contributed by atoms with van der Waals surface area (Å²) in [4.78, 5) is 24.8. The highest BCUT2D eigenvalue weighted by atomic mass is 127. The minimum absolute atomic E-state index is 0.311. The zero-order valence-electron chi connectivity index (χ0n) is 9.97. The van der Waals surface area contributed by atoms with Crippen molar-refractivity contribution in [1.29, 1.82) is 0 Å². The molecule has 2 rings (SSSR count). The molecule has 1 aromatic carbocycles. The summed E-state index contributed by atoms with van der Waals surface area (Å²) in [6, 6.07) is 5.71. The molecule has 1 heterocycles. The smallest absolute Gasteiger partial charge is 0.394 e. The summed E-state index contributed by atoms with van der Waals surface area (Å²) < 4.78 is 5.96. The zero-order chi connectivity index (χ0) is 13.8. The predicted octanol–water partition coefficient (Wildman–Crippen LogP) is 1.98. The van der Waals surface area contributed by atoms with E-state index in [2.05, 4.69) is 22.6 Å². The molecule has 0 radical (unpaired) electrons. The van der Waals surface area contributed by atoms with Crippen LogP contribution in [0.3, 0.4) is 0 Å². The Morgan fingerprint density at radius 2 is 2.26 bits per heavy atom. The van der Waals surface area contributed by atoms with Gasteiger partial charge in [0.1, 0.15) is 10.4 Å². The van der Waals surface area contributed by atoms with Crippen molar-refractivity contribution in [3.05, 3.63) is 23.8 Å². The number of fused-ring (bicyclic) bond motifs is 1. The van der Waals surface area contributed by atoms with E-state index in [4.69, 9.17) is 9.84 Å². The number of rotatable bonds is 2. The summed E-state index contributed by atoms with van der Waals surface area (Å²) in [7, 11) is 0. The van der Waals surface area contributed by atoms with Crippen molar-refractivity contribution in [2.75, 3.05) is 16.9 Å². The minimum atomic E-state index is -1.41. The Hall–Kier alpha value is -0.960. The lowest BCUT2D eigenvalue weighted by atomic mass is 10.2. The number of ether oxygens (including phenoxy) is 1. The Labute approximate surface area is 128 Å². The quantitative estimate of drug-likeness (QED) is 0.473. The van der Waals surface area contributed by atoms with Crippen molar-refractivity contribution in [2.45, 2.75) is 11.4 Å². The molecule has 0 saturated carbocycles. The number of carboxylic acids is 1. The molecule has 0 saturated heterocycles. The molecular weight excluding hydrogens is 381 g/mol. The number of halogens is 1. The van der Waals surface area contributed by atoms with Gasteiger partial charge in [-0.3, -0.25) is 4.79 Å². The van der Waals surface area contributed by atoms with Crippen LogP contribution in [0.15, 0.2) is 23.1 Å². The highest BCUT2D eigenvalue weighted by molar-refractivity contribution is 14.1. The number of amides is 1. The Bertz CT molecular complexity index is 509. The van der Waals surface area contributed by atoms with E-state index < -0.39 is 11.9 Å². The number of carbonyl (C=O) groups is 2. The van der Waals surface area contributed by atoms with Gasteiger partial charge in [-0.15, -0.1) is 11.8 Å². The highest BCUT2D eigenvalue weighted by Crippen LogP contribution is 2.30. The van der Waals surface area contributed by atoms with Crippen LogP contribution in [-0.2, 0) is 16.1 Å². The number of carbonyl (C=O) groups excluding carboxylic acids is 1. The molecule has 0 spiro atoms. The number of hydrogen-bond acceptors (Lipinski definition) is 4. The Kier molecular flexibility index (Phi) is 4.92. The average Bonchev–Trinajstić information content (AvgIpc) is 2.59. The van der Waals surface area contributed by atoms with E-state index in [0.717, 1.165) is 16.2 Å². The third-order valence-corrected chi connectivity index (χ3v) is 4.11. The van der Waals surface area contributed by atoms with Gasteiger partial charge >= 0.3 is 11.9 Å². The van der Waals surface area contributed by atoms with Crippen molar-refractivity contribution in [3.8, 4) is 5.75 Å². The van der Waals surface area contributed by atoms with Crippen molar-refractivity contribution in [3.63, 3.8) is 0 Å². The van der Waals surface area contributed by atoms with Gasteiger partial charge in [0.05, 0.1) is 0 Å². The molecule has 0 unspecified atom stereocenters. The predicted molar refractivity (Wildman–Crippen MR) is 79.7 cm³/mol. The number of benzene rings is 1. The fourth-order valence-electron chi connectivity index (χ4n) is 1.83. The van der Waals surface area contributed by atoms with E-state index >= 15 is 0 Å². The largest absolute Gasteiger partial charge is 0.483 e. The fourth-order valence-corrected chi connectivity index (χ4v) is 3.20. The van der Waals surface area contributed by atoms with Gasteiger partial charge in [0.2, 0.25) is 0 Å². The molecule has 1 aromatic rings. The van der Waals surface area contributed by atoms with Gasteiger partial charge in [-0.1, -0.05) is 0 Å². The molecule has 0 bridgehead atoms. The van der Waals surface area contributed by atoms with Crippen LogP contribution in [0.4, 0.5) is 0 Å². The zero-order valence-corrected chi connectivity index (χ0v) is 12.9. The third-order valence-electron chi connectivity index (χ3n) is 2.70. The van der Waals surface area contributed by atoms with Gasteiger partial charge in [-0.2, -0.15) is 0 Å². The molecule has 5 nitrogen and oxygen atoms in total. The maximum absolute atomic E-state index is 11.6. The fraction of sp³-hybridized carbons (Fsp3) is 0.333. The molecule has 0 aliphatic carbocycles. The lowest BCUT2D eigenvalue weighted by Gasteiger charge is -2.18. The molecule has 0 aromatic heterocycles. The van der Waals surface area contributed by atoms with Crippen molar-refractivity contribution in [2.24, 2.45) is 0 Å². The van der Waals surface area contributed by atoms with E-state index in [1.807, 2.05) is 18.2 Å².